The molecule has 0 saturated heterocycles. The van der Waals surface area contributed by atoms with E-state index in [9.17, 15) is 19.7 Å². The van der Waals surface area contributed by atoms with Gasteiger partial charge in [-0.1, -0.05) is 13.3 Å². The number of aromatic nitrogens is 1. The van der Waals surface area contributed by atoms with Gasteiger partial charge in [-0.2, -0.15) is 0 Å². The molecule has 1 aliphatic rings. The van der Waals surface area contributed by atoms with Crippen LogP contribution in [0, 0.1) is 10.1 Å². The zero-order valence-corrected chi connectivity index (χ0v) is 14.0. The first-order valence-corrected chi connectivity index (χ1v) is 8.25. The number of carbonyl (C=O) groups is 2. The van der Waals surface area contributed by atoms with Crippen molar-refractivity contribution in [3.63, 3.8) is 0 Å². The van der Waals surface area contributed by atoms with Crippen LogP contribution in [0.3, 0.4) is 0 Å². The molecule has 3 rings (SSSR count). The van der Waals surface area contributed by atoms with Crippen LogP contribution in [0.2, 0.25) is 0 Å². The van der Waals surface area contributed by atoms with Crippen molar-refractivity contribution in [3.8, 4) is 11.3 Å². The van der Waals surface area contributed by atoms with E-state index < -0.39 is 10.9 Å². The topological polar surface area (TPSA) is 102 Å². The van der Waals surface area contributed by atoms with Crippen molar-refractivity contribution in [1.29, 1.82) is 0 Å². The first-order chi connectivity index (χ1) is 12.0. The third-order valence-corrected chi connectivity index (χ3v) is 4.32. The number of nitrogens with zero attached hydrogens (tertiary/aromatic N) is 1. The Morgan fingerprint density at radius 2 is 2.04 bits per heavy atom. The number of carbonyl (C=O) groups excluding carboxylic acids is 2. The highest BCUT2D eigenvalue weighted by Gasteiger charge is 2.35. The SMILES string of the molecule is CCCCc1c(C(=O)OCC)[nH]c2c1C(=O)c1cc([N+](=O)[O-])ccc1-2. The molecular weight excluding hydrogens is 324 g/mol. The predicted molar refractivity (Wildman–Crippen MR) is 90.9 cm³/mol. The van der Waals surface area contributed by atoms with Gasteiger partial charge in [-0.25, -0.2) is 4.79 Å². The molecule has 0 saturated carbocycles. The number of unbranched alkanes of at least 4 members (excludes halogenated alkanes) is 1. The predicted octanol–water partition coefficient (Wildman–Crippen LogP) is 3.65. The van der Waals surface area contributed by atoms with Gasteiger partial charge in [0.2, 0.25) is 0 Å². The second-order valence-corrected chi connectivity index (χ2v) is 5.87. The van der Waals surface area contributed by atoms with Crippen molar-refractivity contribution < 1.29 is 19.2 Å². The van der Waals surface area contributed by atoms with Crippen LogP contribution in [0.25, 0.3) is 11.3 Å². The van der Waals surface area contributed by atoms with Crippen molar-refractivity contribution in [2.24, 2.45) is 0 Å². The van der Waals surface area contributed by atoms with E-state index in [1.54, 1.807) is 13.0 Å². The minimum atomic E-state index is -0.525. The number of ether oxygens (including phenoxy) is 1. The minimum Gasteiger partial charge on any atom is -0.461 e. The Labute approximate surface area is 144 Å². The maximum atomic E-state index is 12.8. The van der Waals surface area contributed by atoms with Crippen LogP contribution >= 0.6 is 0 Å². The summed E-state index contributed by atoms with van der Waals surface area (Å²) >= 11 is 0. The molecule has 0 bridgehead atoms. The average molecular weight is 342 g/mol. The molecule has 0 unspecified atom stereocenters. The number of hydrogen-bond acceptors (Lipinski definition) is 5. The number of benzene rings is 1. The van der Waals surface area contributed by atoms with Crippen molar-refractivity contribution >= 4 is 17.4 Å². The number of ketones is 1. The van der Waals surface area contributed by atoms with E-state index in [4.69, 9.17) is 4.74 Å². The molecule has 7 heteroatoms. The Balaban J connectivity index is 2.14. The lowest BCUT2D eigenvalue weighted by molar-refractivity contribution is -0.384. The standard InChI is InChI=1S/C18H18N2O5/c1-3-5-6-12-14-15(19-16(12)18(22)25-4-2)11-8-7-10(20(23)24)9-13(11)17(14)21/h7-9,19H,3-6H2,1-2H3. The summed E-state index contributed by atoms with van der Waals surface area (Å²) in [5, 5.41) is 11.0. The summed E-state index contributed by atoms with van der Waals surface area (Å²) in [6, 6.07) is 4.20. The van der Waals surface area contributed by atoms with E-state index in [1.165, 1.54) is 12.1 Å². The van der Waals surface area contributed by atoms with E-state index in [2.05, 4.69) is 4.98 Å². The van der Waals surface area contributed by atoms with E-state index in [0.717, 1.165) is 12.8 Å². The molecule has 0 amide bonds. The molecule has 7 nitrogen and oxygen atoms in total. The van der Waals surface area contributed by atoms with Crippen LogP contribution in [0.1, 0.15) is 58.7 Å². The highest BCUT2D eigenvalue weighted by atomic mass is 16.6. The Morgan fingerprint density at radius 1 is 1.28 bits per heavy atom. The van der Waals surface area contributed by atoms with Crippen LogP contribution < -0.4 is 0 Å². The lowest BCUT2D eigenvalue weighted by atomic mass is 10.0. The molecule has 1 aromatic carbocycles. The van der Waals surface area contributed by atoms with E-state index in [0.29, 0.717) is 40.1 Å². The third kappa shape index (κ3) is 2.71. The van der Waals surface area contributed by atoms with Crippen LogP contribution in [0.15, 0.2) is 18.2 Å². The second-order valence-electron chi connectivity index (χ2n) is 5.87. The van der Waals surface area contributed by atoms with Crippen LogP contribution in [-0.2, 0) is 11.2 Å². The Kier molecular flexibility index (Phi) is 4.39. The fourth-order valence-corrected chi connectivity index (χ4v) is 3.16. The number of hydrogen-bond donors (Lipinski definition) is 1. The van der Waals surface area contributed by atoms with E-state index in [-0.39, 0.29) is 18.1 Å². The summed E-state index contributed by atoms with van der Waals surface area (Å²) in [6.45, 7) is 3.99. The number of fused-ring (bicyclic) bond motifs is 3. The van der Waals surface area contributed by atoms with Crippen molar-refractivity contribution in [2.75, 3.05) is 6.61 Å². The fraction of sp³-hybridized carbons (Fsp3) is 0.333. The van der Waals surface area contributed by atoms with Crippen molar-refractivity contribution in [1.82, 2.24) is 4.98 Å². The number of nitro benzene ring substituents is 1. The second kappa shape index (κ2) is 6.51. The highest BCUT2D eigenvalue weighted by Crippen LogP contribution is 2.41. The monoisotopic (exact) mass is 342 g/mol. The normalized spacial score (nSPS) is 12.0. The van der Waals surface area contributed by atoms with Gasteiger partial charge in [0.05, 0.1) is 22.8 Å². The first-order valence-electron chi connectivity index (χ1n) is 8.25. The fourth-order valence-electron chi connectivity index (χ4n) is 3.16. The number of non-ortho nitro benzene ring substituents is 1. The number of nitrogens with one attached hydrogen (secondary N) is 1. The minimum absolute atomic E-state index is 0.127. The lowest BCUT2D eigenvalue weighted by Gasteiger charge is -2.06. The quantitative estimate of drug-likeness (QED) is 0.418. The zero-order valence-electron chi connectivity index (χ0n) is 14.0. The number of aromatic amines is 1. The van der Waals surface area contributed by atoms with Gasteiger partial charge in [-0.05, 0) is 31.4 Å². The molecule has 1 aliphatic carbocycles. The highest BCUT2D eigenvalue weighted by molar-refractivity contribution is 6.23. The van der Waals surface area contributed by atoms with Crippen molar-refractivity contribution in [2.45, 2.75) is 33.1 Å². The first kappa shape index (κ1) is 16.9. The number of nitro groups is 1. The van der Waals surface area contributed by atoms with Gasteiger partial charge in [0.1, 0.15) is 5.69 Å². The van der Waals surface area contributed by atoms with E-state index in [1.807, 2.05) is 6.92 Å². The summed E-state index contributed by atoms with van der Waals surface area (Å²) < 4.78 is 5.09. The van der Waals surface area contributed by atoms with Gasteiger partial charge in [-0.15, -0.1) is 0 Å². The largest absolute Gasteiger partial charge is 0.461 e. The van der Waals surface area contributed by atoms with Gasteiger partial charge in [0.15, 0.2) is 5.78 Å². The van der Waals surface area contributed by atoms with Gasteiger partial charge in [-0.3, -0.25) is 14.9 Å². The molecule has 0 spiro atoms. The maximum absolute atomic E-state index is 12.8. The summed E-state index contributed by atoms with van der Waals surface area (Å²) in [6.07, 6.45) is 2.30. The maximum Gasteiger partial charge on any atom is 0.355 e. The molecule has 25 heavy (non-hydrogen) atoms. The van der Waals surface area contributed by atoms with Crippen LogP contribution in [0.5, 0.6) is 0 Å². The summed E-state index contributed by atoms with van der Waals surface area (Å²) in [5.41, 5.74) is 2.67. The molecule has 1 N–H and O–H groups in total. The molecule has 0 atom stereocenters. The van der Waals surface area contributed by atoms with Gasteiger partial charge >= 0.3 is 5.97 Å². The molecule has 2 aromatic rings. The number of esters is 1. The molecular formula is C18H18N2O5. The van der Waals surface area contributed by atoms with Crippen molar-refractivity contribution in [3.05, 3.63) is 50.7 Å². The molecule has 0 aliphatic heterocycles. The van der Waals surface area contributed by atoms with Gasteiger partial charge in [0, 0.05) is 23.3 Å². The van der Waals surface area contributed by atoms with Gasteiger partial charge < -0.3 is 9.72 Å². The summed E-state index contributed by atoms with van der Waals surface area (Å²) in [7, 11) is 0. The lowest BCUT2D eigenvalue weighted by Crippen LogP contribution is -2.10. The molecule has 0 radical (unpaired) electrons. The average Bonchev–Trinajstić information content (AvgIpc) is 3.09. The van der Waals surface area contributed by atoms with Crippen LogP contribution in [-0.4, -0.2) is 28.3 Å². The molecule has 0 fully saturated rings. The third-order valence-electron chi connectivity index (χ3n) is 4.32. The number of H-pyrrole nitrogens is 1. The molecule has 130 valence electrons. The molecule has 1 aromatic heterocycles. The summed E-state index contributed by atoms with van der Waals surface area (Å²) in [5.74, 6) is -0.772. The van der Waals surface area contributed by atoms with Crippen LogP contribution in [0.4, 0.5) is 5.69 Å². The van der Waals surface area contributed by atoms with E-state index >= 15 is 0 Å². The molecule has 1 heterocycles. The smallest absolute Gasteiger partial charge is 0.355 e. The Bertz CT molecular complexity index is 882. The Morgan fingerprint density at radius 3 is 2.68 bits per heavy atom. The number of rotatable bonds is 6. The Hall–Kier alpha value is -2.96. The zero-order chi connectivity index (χ0) is 18.1. The van der Waals surface area contributed by atoms with Gasteiger partial charge in [0.25, 0.3) is 5.69 Å². The summed E-state index contributed by atoms with van der Waals surface area (Å²) in [4.78, 5) is 38.6.